The molecule has 1 fully saturated rings. The van der Waals surface area contributed by atoms with Gasteiger partial charge in [-0.15, -0.1) is 0 Å². The molecule has 1 aliphatic carbocycles. The van der Waals surface area contributed by atoms with Crippen LogP contribution in [0.15, 0.2) is 29.8 Å². The average Bonchev–Trinajstić information content (AvgIpc) is 3.18. The molecule has 3 atom stereocenters. The summed E-state index contributed by atoms with van der Waals surface area (Å²) in [5.74, 6) is 3.04. The van der Waals surface area contributed by atoms with Crippen molar-refractivity contribution < 1.29 is 9.53 Å². The number of aryl methyl sites for hydroxylation is 1. The molecule has 31 heavy (non-hydrogen) atoms. The number of urea groups is 1. The van der Waals surface area contributed by atoms with Crippen LogP contribution in [-0.2, 0) is 11.2 Å². The number of aromatic amines is 1. The van der Waals surface area contributed by atoms with E-state index in [-0.39, 0.29) is 6.03 Å². The molecule has 2 amide bonds. The SMILES string of the molecule is CC1=C[C@@H](CNC(=O)N2CCOCC2)[C@H](C(C)C)C[C@H]1Cc1nc2c(C)cccc2[nH]1. The highest BCUT2D eigenvalue weighted by Gasteiger charge is 2.32. The van der Waals surface area contributed by atoms with Crippen LogP contribution in [0.1, 0.15) is 38.6 Å². The number of nitrogens with zero attached hydrogens (tertiary/aromatic N) is 2. The molecule has 4 rings (SSSR count). The summed E-state index contributed by atoms with van der Waals surface area (Å²) in [5.41, 5.74) is 4.84. The Morgan fingerprint density at radius 2 is 2.06 bits per heavy atom. The van der Waals surface area contributed by atoms with Crippen LogP contribution in [0.25, 0.3) is 11.0 Å². The van der Waals surface area contributed by atoms with E-state index in [0.717, 1.165) is 29.7 Å². The Morgan fingerprint density at radius 3 is 2.77 bits per heavy atom. The normalized spacial score (nSPS) is 24.5. The number of allylic oxidation sites excluding steroid dienone is 1. The van der Waals surface area contributed by atoms with Crippen LogP contribution in [-0.4, -0.2) is 53.7 Å². The van der Waals surface area contributed by atoms with E-state index in [9.17, 15) is 4.79 Å². The Balaban J connectivity index is 1.44. The molecular formula is C25H36N4O2. The number of morpholine rings is 1. The summed E-state index contributed by atoms with van der Waals surface area (Å²) in [5, 5.41) is 3.18. The van der Waals surface area contributed by atoms with Gasteiger partial charge in [-0.05, 0) is 55.6 Å². The van der Waals surface area contributed by atoms with E-state index in [1.54, 1.807) is 0 Å². The molecule has 2 N–H and O–H groups in total. The van der Waals surface area contributed by atoms with Gasteiger partial charge in [-0.3, -0.25) is 0 Å². The Bertz CT molecular complexity index is 942. The smallest absolute Gasteiger partial charge is 0.317 e. The zero-order chi connectivity index (χ0) is 22.0. The van der Waals surface area contributed by atoms with E-state index in [2.05, 4.69) is 62.3 Å². The number of benzene rings is 1. The van der Waals surface area contributed by atoms with Gasteiger partial charge in [0.2, 0.25) is 0 Å². The predicted octanol–water partition coefficient (Wildman–Crippen LogP) is 4.31. The first-order valence-electron chi connectivity index (χ1n) is 11.7. The third kappa shape index (κ3) is 4.95. The highest BCUT2D eigenvalue weighted by molar-refractivity contribution is 5.78. The first-order chi connectivity index (χ1) is 14.9. The fraction of sp³-hybridized carbons (Fsp3) is 0.600. The van der Waals surface area contributed by atoms with Gasteiger partial charge < -0.3 is 19.9 Å². The number of imidazole rings is 1. The molecule has 1 aromatic heterocycles. The largest absolute Gasteiger partial charge is 0.378 e. The summed E-state index contributed by atoms with van der Waals surface area (Å²) in [6.07, 6.45) is 4.48. The summed E-state index contributed by atoms with van der Waals surface area (Å²) in [6, 6.07) is 6.34. The van der Waals surface area contributed by atoms with Crippen LogP contribution in [0, 0.1) is 30.6 Å². The Hall–Kier alpha value is -2.34. The summed E-state index contributed by atoms with van der Waals surface area (Å²) in [4.78, 5) is 22.8. The zero-order valence-electron chi connectivity index (χ0n) is 19.3. The molecule has 168 valence electrons. The highest BCUT2D eigenvalue weighted by atomic mass is 16.5. The second-order valence-corrected chi connectivity index (χ2v) is 9.56. The minimum absolute atomic E-state index is 0.0385. The molecule has 0 radical (unpaired) electrons. The first kappa shape index (κ1) is 21.9. The lowest BCUT2D eigenvalue weighted by Crippen LogP contribution is -2.48. The number of carbonyl (C=O) groups excluding carboxylic acids is 1. The number of ether oxygens (including phenoxy) is 1. The number of aromatic nitrogens is 2. The predicted molar refractivity (Wildman–Crippen MR) is 124 cm³/mol. The number of nitrogens with one attached hydrogen (secondary N) is 2. The molecule has 1 aliphatic heterocycles. The van der Waals surface area contributed by atoms with Gasteiger partial charge in [0.05, 0.1) is 24.2 Å². The lowest BCUT2D eigenvalue weighted by molar-refractivity contribution is 0.0527. The summed E-state index contributed by atoms with van der Waals surface area (Å²) >= 11 is 0. The van der Waals surface area contributed by atoms with E-state index in [1.807, 2.05) is 4.90 Å². The van der Waals surface area contributed by atoms with Crippen molar-refractivity contribution >= 4 is 17.1 Å². The maximum atomic E-state index is 12.5. The molecule has 0 saturated carbocycles. The Kier molecular flexibility index (Phi) is 6.65. The van der Waals surface area contributed by atoms with E-state index in [1.165, 1.54) is 11.1 Å². The van der Waals surface area contributed by atoms with Crippen LogP contribution in [0.3, 0.4) is 0 Å². The van der Waals surface area contributed by atoms with Crippen molar-refractivity contribution in [3.63, 3.8) is 0 Å². The number of amides is 2. The second kappa shape index (κ2) is 9.43. The van der Waals surface area contributed by atoms with Crippen LogP contribution in [0.2, 0.25) is 0 Å². The zero-order valence-corrected chi connectivity index (χ0v) is 19.3. The fourth-order valence-electron chi connectivity index (χ4n) is 5.15. The lowest BCUT2D eigenvalue weighted by atomic mass is 9.70. The van der Waals surface area contributed by atoms with E-state index < -0.39 is 0 Å². The van der Waals surface area contributed by atoms with E-state index >= 15 is 0 Å². The fourth-order valence-corrected chi connectivity index (χ4v) is 5.15. The molecule has 6 heteroatoms. The van der Waals surface area contributed by atoms with Crippen LogP contribution in [0.4, 0.5) is 4.79 Å². The molecule has 0 bridgehead atoms. The van der Waals surface area contributed by atoms with Crippen molar-refractivity contribution in [1.82, 2.24) is 20.2 Å². The Labute approximate surface area is 185 Å². The van der Waals surface area contributed by atoms with Crippen molar-refractivity contribution in [2.45, 2.75) is 40.5 Å². The maximum absolute atomic E-state index is 12.5. The molecule has 0 unspecified atom stereocenters. The molecule has 2 heterocycles. The third-order valence-electron chi connectivity index (χ3n) is 7.07. The van der Waals surface area contributed by atoms with Crippen molar-refractivity contribution in [2.75, 3.05) is 32.8 Å². The summed E-state index contributed by atoms with van der Waals surface area (Å²) in [6.45, 7) is 12.3. The maximum Gasteiger partial charge on any atom is 0.317 e. The summed E-state index contributed by atoms with van der Waals surface area (Å²) in [7, 11) is 0. The molecular weight excluding hydrogens is 388 g/mol. The number of H-pyrrole nitrogens is 1. The minimum Gasteiger partial charge on any atom is -0.378 e. The van der Waals surface area contributed by atoms with Gasteiger partial charge in [0.25, 0.3) is 0 Å². The number of hydrogen-bond donors (Lipinski definition) is 2. The van der Waals surface area contributed by atoms with Gasteiger partial charge >= 0.3 is 6.03 Å². The van der Waals surface area contributed by atoms with Crippen molar-refractivity contribution in [2.24, 2.45) is 23.7 Å². The standard InChI is InChI=1S/C25H36N4O2/c1-16(2)21-13-19(14-23-27-22-7-5-6-17(3)24(22)28-23)18(4)12-20(21)15-26-25(30)29-8-10-31-11-9-29/h5-7,12,16,19-21H,8-11,13-15H2,1-4H3,(H,26,30)(H,27,28)/t19-,20-,21-/m0/s1. The minimum atomic E-state index is 0.0385. The van der Waals surface area contributed by atoms with Gasteiger partial charge in [-0.25, -0.2) is 9.78 Å². The third-order valence-corrected chi connectivity index (χ3v) is 7.07. The molecule has 6 nitrogen and oxygen atoms in total. The van der Waals surface area contributed by atoms with Gasteiger partial charge in [0.15, 0.2) is 0 Å². The van der Waals surface area contributed by atoms with Crippen LogP contribution < -0.4 is 5.32 Å². The number of hydrogen-bond acceptors (Lipinski definition) is 3. The van der Waals surface area contributed by atoms with E-state index in [4.69, 9.17) is 9.72 Å². The average molecular weight is 425 g/mol. The lowest BCUT2D eigenvalue weighted by Gasteiger charge is -2.37. The van der Waals surface area contributed by atoms with Crippen LogP contribution >= 0.6 is 0 Å². The van der Waals surface area contributed by atoms with Crippen molar-refractivity contribution in [1.29, 1.82) is 0 Å². The van der Waals surface area contributed by atoms with Crippen molar-refractivity contribution in [3.05, 3.63) is 41.2 Å². The molecule has 1 saturated heterocycles. The van der Waals surface area contributed by atoms with Crippen molar-refractivity contribution in [3.8, 4) is 0 Å². The topological polar surface area (TPSA) is 70.2 Å². The number of carbonyl (C=O) groups is 1. The number of rotatable bonds is 5. The van der Waals surface area contributed by atoms with Crippen LogP contribution in [0.5, 0.6) is 0 Å². The monoisotopic (exact) mass is 424 g/mol. The quantitative estimate of drug-likeness (QED) is 0.703. The van der Waals surface area contributed by atoms with Gasteiger partial charge in [0.1, 0.15) is 5.82 Å². The van der Waals surface area contributed by atoms with Gasteiger partial charge in [-0.2, -0.15) is 0 Å². The number of para-hydroxylation sites is 1. The Morgan fingerprint density at radius 1 is 1.29 bits per heavy atom. The first-order valence-corrected chi connectivity index (χ1v) is 11.7. The summed E-state index contributed by atoms with van der Waals surface area (Å²) < 4.78 is 5.35. The molecule has 0 spiro atoms. The highest BCUT2D eigenvalue weighted by Crippen LogP contribution is 2.38. The molecule has 1 aromatic carbocycles. The van der Waals surface area contributed by atoms with E-state index in [0.29, 0.717) is 56.5 Å². The molecule has 2 aliphatic rings. The van der Waals surface area contributed by atoms with Gasteiger partial charge in [-0.1, -0.05) is 37.6 Å². The van der Waals surface area contributed by atoms with Gasteiger partial charge in [0, 0.05) is 26.1 Å². The molecule has 2 aromatic rings. The number of fused-ring (bicyclic) bond motifs is 1. The second-order valence-electron chi connectivity index (χ2n) is 9.56.